The number of nitrogens with zero attached hydrogens (tertiary/aromatic N) is 1. The third-order valence-electron chi connectivity index (χ3n) is 5.20. The van der Waals surface area contributed by atoms with Gasteiger partial charge < -0.3 is 15.1 Å². The predicted octanol–water partition coefficient (Wildman–Crippen LogP) is 3.94. The van der Waals surface area contributed by atoms with E-state index in [4.69, 9.17) is 4.42 Å². The molecule has 0 aliphatic carbocycles. The van der Waals surface area contributed by atoms with Crippen molar-refractivity contribution >= 4 is 44.5 Å². The summed E-state index contributed by atoms with van der Waals surface area (Å²) in [7, 11) is -3.61. The van der Waals surface area contributed by atoms with E-state index in [0.717, 1.165) is 4.88 Å². The Morgan fingerprint density at radius 2 is 1.88 bits per heavy atom. The van der Waals surface area contributed by atoms with E-state index in [2.05, 4.69) is 10.6 Å². The van der Waals surface area contributed by atoms with Crippen molar-refractivity contribution in [3.63, 3.8) is 0 Å². The van der Waals surface area contributed by atoms with E-state index in [1.165, 1.54) is 21.9 Å². The number of rotatable bonds is 6. The van der Waals surface area contributed by atoms with Crippen LogP contribution in [0, 0.1) is 12.8 Å². The summed E-state index contributed by atoms with van der Waals surface area (Å²) in [5.74, 6) is -0.915. The Hall–Kier alpha value is -2.95. The first-order valence-electron chi connectivity index (χ1n) is 10.2. The molecular weight excluding hydrogens is 450 g/mol. The molecule has 1 aliphatic rings. The van der Waals surface area contributed by atoms with E-state index < -0.39 is 21.8 Å². The van der Waals surface area contributed by atoms with Crippen molar-refractivity contribution in [2.45, 2.75) is 24.0 Å². The smallest absolute Gasteiger partial charge is 0.291 e. The summed E-state index contributed by atoms with van der Waals surface area (Å²) >= 11 is 1.23. The number of sulfonamides is 1. The number of carbonyl (C=O) groups excluding carboxylic acids is 2. The Bertz CT molecular complexity index is 1220. The maximum Gasteiger partial charge on any atom is 0.291 e. The number of aryl methyl sites for hydroxylation is 1. The Labute approximate surface area is 190 Å². The highest BCUT2D eigenvalue weighted by Gasteiger charge is 2.34. The molecule has 0 radical (unpaired) electrons. The Balaban J connectivity index is 1.41. The third-order valence-corrected chi connectivity index (χ3v) is 8.53. The highest BCUT2D eigenvalue weighted by Crippen LogP contribution is 2.29. The lowest BCUT2D eigenvalue weighted by atomic mass is 9.98. The molecule has 1 atom stereocenters. The zero-order valence-corrected chi connectivity index (χ0v) is 19.0. The van der Waals surface area contributed by atoms with Crippen LogP contribution in [0.4, 0.5) is 11.4 Å². The van der Waals surface area contributed by atoms with Crippen molar-refractivity contribution < 1.29 is 22.4 Å². The van der Waals surface area contributed by atoms with E-state index in [9.17, 15) is 18.0 Å². The normalized spacial score (nSPS) is 17.1. The molecule has 3 aromatic rings. The fourth-order valence-electron chi connectivity index (χ4n) is 3.57. The summed E-state index contributed by atoms with van der Waals surface area (Å²) < 4.78 is 32.6. The van der Waals surface area contributed by atoms with E-state index in [1.54, 1.807) is 48.5 Å². The van der Waals surface area contributed by atoms with Gasteiger partial charge in [-0.2, -0.15) is 4.31 Å². The molecule has 0 spiro atoms. The number of anilines is 2. The van der Waals surface area contributed by atoms with Gasteiger partial charge in [0.15, 0.2) is 5.76 Å². The van der Waals surface area contributed by atoms with Crippen LogP contribution in [0.15, 0.2) is 63.4 Å². The molecule has 168 valence electrons. The number of thiophene rings is 1. The van der Waals surface area contributed by atoms with Gasteiger partial charge in [0, 0.05) is 29.3 Å². The molecule has 32 heavy (non-hydrogen) atoms. The summed E-state index contributed by atoms with van der Waals surface area (Å²) in [6, 6.07) is 13.3. The van der Waals surface area contributed by atoms with Crippen molar-refractivity contribution in [3.8, 4) is 0 Å². The summed E-state index contributed by atoms with van der Waals surface area (Å²) in [5, 5.41) is 5.56. The van der Waals surface area contributed by atoms with Crippen LogP contribution in [0.25, 0.3) is 0 Å². The van der Waals surface area contributed by atoms with E-state index >= 15 is 0 Å². The Morgan fingerprint density at radius 1 is 1.09 bits per heavy atom. The number of nitrogens with one attached hydrogen (secondary N) is 2. The van der Waals surface area contributed by atoms with Gasteiger partial charge in [0.05, 0.1) is 12.2 Å². The Kier molecular flexibility index (Phi) is 6.45. The molecule has 1 fully saturated rings. The molecule has 8 nitrogen and oxygen atoms in total. The van der Waals surface area contributed by atoms with Crippen LogP contribution >= 0.6 is 11.3 Å². The molecular formula is C22H23N3O5S2. The third kappa shape index (κ3) is 4.93. The highest BCUT2D eigenvalue weighted by molar-refractivity contribution is 7.91. The molecule has 0 bridgehead atoms. The summed E-state index contributed by atoms with van der Waals surface area (Å²) in [6.45, 7) is 2.40. The molecule has 2 amide bonds. The van der Waals surface area contributed by atoms with Crippen LogP contribution in [-0.4, -0.2) is 37.6 Å². The molecule has 0 saturated carbocycles. The maximum atomic E-state index is 12.9. The van der Waals surface area contributed by atoms with Gasteiger partial charge in [0.1, 0.15) is 4.21 Å². The second kappa shape index (κ2) is 9.27. The topological polar surface area (TPSA) is 109 Å². The van der Waals surface area contributed by atoms with Gasteiger partial charge in [0.2, 0.25) is 5.91 Å². The number of hydrogen-bond donors (Lipinski definition) is 2. The average Bonchev–Trinajstić information content (AvgIpc) is 3.46. The number of benzene rings is 1. The van der Waals surface area contributed by atoms with Gasteiger partial charge in [-0.25, -0.2) is 8.42 Å². The lowest BCUT2D eigenvalue weighted by molar-refractivity contribution is -0.120. The SMILES string of the molecule is Cc1ccc(S(=O)(=O)N2CCCC(C(=O)Nc3cccc(NC(=O)c4ccco4)c3)C2)s1. The van der Waals surface area contributed by atoms with Crippen LogP contribution in [0.1, 0.15) is 28.3 Å². The average molecular weight is 474 g/mol. The van der Waals surface area contributed by atoms with E-state index in [-0.39, 0.29) is 18.2 Å². The van der Waals surface area contributed by atoms with Crippen molar-refractivity contribution in [3.05, 3.63) is 65.4 Å². The maximum absolute atomic E-state index is 12.9. The number of amides is 2. The van der Waals surface area contributed by atoms with Crippen molar-refractivity contribution in [2.24, 2.45) is 5.92 Å². The molecule has 10 heteroatoms. The van der Waals surface area contributed by atoms with Gasteiger partial charge in [-0.15, -0.1) is 11.3 Å². The Morgan fingerprint density at radius 3 is 2.56 bits per heavy atom. The van der Waals surface area contributed by atoms with E-state index in [1.807, 2.05) is 6.92 Å². The predicted molar refractivity (Wildman–Crippen MR) is 122 cm³/mol. The number of hydrogen-bond acceptors (Lipinski definition) is 6. The molecule has 3 heterocycles. The van der Waals surface area contributed by atoms with Crippen molar-refractivity contribution in [1.29, 1.82) is 0 Å². The van der Waals surface area contributed by atoms with Gasteiger partial charge in [-0.3, -0.25) is 9.59 Å². The van der Waals surface area contributed by atoms with Gasteiger partial charge in [-0.1, -0.05) is 6.07 Å². The van der Waals surface area contributed by atoms with Crippen LogP contribution < -0.4 is 10.6 Å². The number of carbonyl (C=O) groups is 2. The quantitative estimate of drug-likeness (QED) is 0.564. The zero-order chi connectivity index (χ0) is 22.7. The monoisotopic (exact) mass is 473 g/mol. The standard InChI is InChI=1S/C22H23N3O5S2/c1-15-9-10-20(31-15)32(28,29)25-11-3-5-16(14-25)21(26)23-17-6-2-7-18(13-17)24-22(27)19-8-4-12-30-19/h2,4,6-10,12-13,16H,3,5,11,14H2,1H3,(H,23,26)(H,24,27). The number of piperidine rings is 1. The second-order valence-corrected chi connectivity index (χ2v) is 11.0. The van der Waals surface area contributed by atoms with Crippen molar-refractivity contribution in [2.75, 3.05) is 23.7 Å². The van der Waals surface area contributed by atoms with Crippen LogP contribution in [0.5, 0.6) is 0 Å². The van der Waals surface area contributed by atoms with E-state index in [0.29, 0.717) is 35.0 Å². The lowest BCUT2D eigenvalue weighted by Gasteiger charge is -2.30. The minimum atomic E-state index is -3.61. The molecule has 1 saturated heterocycles. The lowest BCUT2D eigenvalue weighted by Crippen LogP contribution is -2.43. The van der Waals surface area contributed by atoms with Gasteiger partial charge >= 0.3 is 0 Å². The second-order valence-electron chi connectivity index (χ2n) is 7.57. The molecule has 1 unspecified atom stereocenters. The van der Waals surface area contributed by atoms with Crippen molar-refractivity contribution in [1.82, 2.24) is 4.31 Å². The first-order chi connectivity index (χ1) is 15.3. The van der Waals surface area contributed by atoms with Crippen LogP contribution in [-0.2, 0) is 14.8 Å². The molecule has 2 aromatic heterocycles. The summed E-state index contributed by atoms with van der Waals surface area (Å²) in [4.78, 5) is 25.9. The molecule has 1 aromatic carbocycles. The largest absolute Gasteiger partial charge is 0.459 e. The van der Waals surface area contributed by atoms with Crippen LogP contribution in [0.3, 0.4) is 0 Å². The molecule has 2 N–H and O–H groups in total. The summed E-state index contributed by atoms with van der Waals surface area (Å²) in [6.07, 6.45) is 2.63. The minimum Gasteiger partial charge on any atom is -0.459 e. The summed E-state index contributed by atoms with van der Waals surface area (Å²) in [5.41, 5.74) is 1.02. The minimum absolute atomic E-state index is 0.139. The number of furan rings is 1. The first kappa shape index (κ1) is 22.3. The zero-order valence-electron chi connectivity index (χ0n) is 17.4. The molecule has 1 aliphatic heterocycles. The molecule has 4 rings (SSSR count). The van der Waals surface area contributed by atoms with Gasteiger partial charge in [-0.05, 0) is 62.2 Å². The first-order valence-corrected chi connectivity index (χ1v) is 12.4. The fourth-order valence-corrected chi connectivity index (χ4v) is 6.53. The highest BCUT2D eigenvalue weighted by atomic mass is 32.2. The van der Waals surface area contributed by atoms with Crippen LogP contribution in [0.2, 0.25) is 0 Å². The van der Waals surface area contributed by atoms with Gasteiger partial charge in [0.25, 0.3) is 15.9 Å². The fraction of sp³-hybridized carbons (Fsp3) is 0.273.